The average molecular weight is 247 g/mol. The minimum absolute atomic E-state index is 0.105. The summed E-state index contributed by atoms with van der Waals surface area (Å²) in [6.07, 6.45) is 1.13. The Morgan fingerprint density at radius 2 is 2.25 bits per heavy atom. The summed E-state index contributed by atoms with van der Waals surface area (Å²) < 4.78 is 5.17. The Hall–Kier alpha value is -1.47. The fourth-order valence-electron chi connectivity index (χ4n) is 0.926. The van der Waals surface area contributed by atoms with Gasteiger partial charge in [0.1, 0.15) is 12.9 Å². The minimum atomic E-state index is -0.659. The van der Waals surface area contributed by atoms with Crippen molar-refractivity contribution in [3.8, 4) is 5.88 Å². The van der Waals surface area contributed by atoms with Gasteiger partial charge in [-0.25, -0.2) is 4.98 Å². The average Bonchev–Trinajstić information content (AvgIpc) is 2.16. The van der Waals surface area contributed by atoms with Crippen LogP contribution in [0.5, 0.6) is 5.88 Å². The third-order valence-corrected chi connectivity index (χ3v) is 1.98. The van der Waals surface area contributed by atoms with E-state index in [1.54, 1.807) is 0 Å². The molecule has 0 aliphatic heterocycles. The number of rotatable bonds is 5. The van der Waals surface area contributed by atoms with Crippen molar-refractivity contribution in [1.82, 2.24) is 14.9 Å². The molecule has 0 radical (unpaired) electrons. The molecule has 0 fully saturated rings. The van der Waals surface area contributed by atoms with Crippen LogP contribution in [0.2, 0.25) is 5.15 Å². The summed E-state index contributed by atoms with van der Waals surface area (Å²) in [6, 6.07) is 0. The SMILES string of the molecule is CN(C)CCOc1ncnc(Cl)c1[N+](=O)[O-]. The lowest BCUT2D eigenvalue weighted by Gasteiger charge is -2.10. The molecule has 0 unspecified atom stereocenters. The molecule has 88 valence electrons. The van der Waals surface area contributed by atoms with Gasteiger partial charge in [-0.2, -0.15) is 4.98 Å². The fourth-order valence-corrected chi connectivity index (χ4v) is 1.12. The molecule has 1 aromatic heterocycles. The molecule has 7 nitrogen and oxygen atoms in total. The van der Waals surface area contributed by atoms with Crippen molar-refractivity contribution in [2.75, 3.05) is 27.2 Å². The summed E-state index contributed by atoms with van der Waals surface area (Å²) >= 11 is 5.58. The van der Waals surface area contributed by atoms with Gasteiger partial charge < -0.3 is 9.64 Å². The molecule has 1 heterocycles. The number of nitro groups is 1. The largest absolute Gasteiger partial charge is 0.471 e. The van der Waals surface area contributed by atoms with Crippen molar-refractivity contribution in [2.24, 2.45) is 0 Å². The fraction of sp³-hybridized carbons (Fsp3) is 0.500. The van der Waals surface area contributed by atoms with Crippen LogP contribution in [0, 0.1) is 10.1 Å². The predicted molar refractivity (Wildman–Crippen MR) is 57.7 cm³/mol. The summed E-state index contributed by atoms with van der Waals surface area (Å²) in [5, 5.41) is 10.5. The van der Waals surface area contributed by atoms with Crippen LogP contribution < -0.4 is 4.74 Å². The summed E-state index contributed by atoms with van der Waals surface area (Å²) in [4.78, 5) is 19.1. The normalized spacial score (nSPS) is 10.5. The molecule has 0 saturated heterocycles. The Morgan fingerprint density at radius 3 is 2.81 bits per heavy atom. The van der Waals surface area contributed by atoms with Crippen LogP contribution in [-0.4, -0.2) is 47.0 Å². The molecule has 0 saturated carbocycles. The van der Waals surface area contributed by atoms with E-state index in [-0.39, 0.29) is 11.0 Å². The zero-order chi connectivity index (χ0) is 12.1. The maximum atomic E-state index is 10.7. The molecule has 1 rings (SSSR count). The smallest absolute Gasteiger partial charge is 0.367 e. The van der Waals surface area contributed by atoms with E-state index in [9.17, 15) is 10.1 Å². The van der Waals surface area contributed by atoms with E-state index in [2.05, 4.69) is 9.97 Å². The van der Waals surface area contributed by atoms with E-state index in [1.165, 1.54) is 0 Å². The lowest BCUT2D eigenvalue weighted by molar-refractivity contribution is -0.386. The third-order valence-electron chi connectivity index (χ3n) is 1.70. The highest BCUT2D eigenvalue weighted by atomic mass is 35.5. The first-order chi connectivity index (χ1) is 7.52. The van der Waals surface area contributed by atoms with E-state index in [1.807, 2.05) is 19.0 Å². The van der Waals surface area contributed by atoms with Gasteiger partial charge in [-0.3, -0.25) is 10.1 Å². The lowest BCUT2D eigenvalue weighted by atomic mass is 10.5. The first-order valence-corrected chi connectivity index (χ1v) is 4.82. The van der Waals surface area contributed by atoms with E-state index < -0.39 is 10.6 Å². The zero-order valence-electron chi connectivity index (χ0n) is 8.88. The number of likely N-dealkylation sites (N-methyl/N-ethyl adjacent to an activating group) is 1. The van der Waals surface area contributed by atoms with Gasteiger partial charge in [0.2, 0.25) is 5.15 Å². The molecular weight excluding hydrogens is 236 g/mol. The Bertz CT molecular complexity index is 386. The van der Waals surface area contributed by atoms with Gasteiger partial charge in [0.25, 0.3) is 5.88 Å². The zero-order valence-corrected chi connectivity index (χ0v) is 9.64. The maximum Gasteiger partial charge on any atom is 0.367 e. The molecule has 16 heavy (non-hydrogen) atoms. The number of hydrogen-bond acceptors (Lipinski definition) is 6. The molecule has 8 heteroatoms. The molecule has 0 amide bonds. The second-order valence-electron chi connectivity index (χ2n) is 3.23. The first kappa shape index (κ1) is 12.6. The Balaban J connectivity index is 2.79. The highest BCUT2D eigenvalue weighted by molar-refractivity contribution is 6.31. The molecule has 0 aromatic carbocycles. The van der Waals surface area contributed by atoms with Crippen molar-refractivity contribution >= 4 is 17.3 Å². The molecule has 0 N–H and O–H groups in total. The molecule has 0 atom stereocenters. The maximum absolute atomic E-state index is 10.7. The van der Waals surface area contributed by atoms with Crippen LogP contribution in [0.25, 0.3) is 0 Å². The van der Waals surface area contributed by atoms with Crippen molar-refractivity contribution < 1.29 is 9.66 Å². The Morgan fingerprint density at radius 1 is 1.56 bits per heavy atom. The van der Waals surface area contributed by atoms with Gasteiger partial charge in [-0.05, 0) is 14.1 Å². The van der Waals surface area contributed by atoms with E-state index in [0.717, 1.165) is 6.33 Å². The summed E-state index contributed by atoms with van der Waals surface area (Å²) in [5.41, 5.74) is -0.400. The highest BCUT2D eigenvalue weighted by Crippen LogP contribution is 2.29. The van der Waals surface area contributed by atoms with Gasteiger partial charge in [0.15, 0.2) is 0 Å². The lowest BCUT2D eigenvalue weighted by Crippen LogP contribution is -2.20. The second kappa shape index (κ2) is 5.57. The van der Waals surface area contributed by atoms with Crippen LogP contribution in [0.4, 0.5) is 5.69 Å². The van der Waals surface area contributed by atoms with Crippen molar-refractivity contribution in [3.05, 3.63) is 21.6 Å². The molecule has 0 spiro atoms. The first-order valence-electron chi connectivity index (χ1n) is 4.44. The molecule has 0 aliphatic rings. The van der Waals surface area contributed by atoms with Crippen molar-refractivity contribution in [3.63, 3.8) is 0 Å². The van der Waals surface area contributed by atoms with E-state index in [0.29, 0.717) is 13.2 Å². The van der Waals surface area contributed by atoms with Crippen LogP contribution in [-0.2, 0) is 0 Å². The van der Waals surface area contributed by atoms with E-state index in [4.69, 9.17) is 16.3 Å². The third kappa shape index (κ3) is 3.28. The Labute approximate surface area is 97.2 Å². The summed E-state index contributed by atoms with van der Waals surface area (Å²) in [7, 11) is 3.73. The standard InChI is InChI=1S/C8H11ClN4O3/c1-12(2)3-4-16-8-6(13(14)15)7(9)10-5-11-8/h5H,3-4H2,1-2H3. The van der Waals surface area contributed by atoms with Crippen LogP contribution in [0.3, 0.4) is 0 Å². The van der Waals surface area contributed by atoms with Gasteiger partial charge in [-0.1, -0.05) is 11.6 Å². The molecule has 1 aromatic rings. The molecular formula is C8H11ClN4O3. The van der Waals surface area contributed by atoms with Crippen LogP contribution in [0.15, 0.2) is 6.33 Å². The van der Waals surface area contributed by atoms with Crippen LogP contribution in [0.1, 0.15) is 0 Å². The highest BCUT2D eigenvalue weighted by Gasteiger charge is 2.22. The number of halogens is 1. The van der Waals surface area contributed by atoms with Gasteiger partial charge in [-0.15, -0.1) is 0 Å². The van der Waals surface area contributed by atoms with Gasteiger partial charge in [0, 0.05) is 6.54 Å². The van der Waals surface area contributed by atoms with Gasteiger partial charge >= 0.3 is 5.69 Å². The summed E-state index contributed by atoms with van der Waals surface area (Å²) in [5.74, 6) is -0.105. The number of nitrogens with zero attached hydrogens (tertiary/aromatic N) is 4. The Kier molecular flexibility index (Phi) is 4.39. The minimum Gasteiger partial charge on any atom is -0.471 e. The van der Waals surface area contributed by atoms with Crippen molar-refractivity contribution in [1.29, 1.82) is 0 Å². The van der Waals surface area contributed by atoms with Crippen molar-refractivity contribution in [2.45, 2.75) is 0 Å². The van der Waals surface area contributed by atoms with E-state index >= 15 is 0 Å². The number of hydrogen-bond donors (Lipinski definition) is 0. The molecule has 0 bridgehead atoms. The topological polar surface area (TPSA) is 81.4 Å². The van der Waals surface area contributed by atoms with Crippen LogP contribution >= 0.6 is 11.6 Å². The number of aromatic nitrogens is 2. The van der Waals surface area contributed by atoms with Gasteiger partial charge in [0.05, 0.1) is 4.92 Å². The quantitative estimate of drug-likeness (QED) is 0.438. The predicted octanol–water partition coefficient (Wildman–Crippen LogP) is 0.979. The number of ether oxygens (including phenoxy) is 1. The monoisotopic (exact) mass is 246 g/mol. The summed E-state index contributed by atoms with van der Waals surface area (Å²) in [6.45, 7) is 0.917. The second-order valence-corrected chi connectivity index (χ2v) is 3.59. The molecule has 0 aliphatic carbocycles.